The SMILES string of the molecule is O=C(CCOc1ccccc1)NNC(=O)c1cccnc1. The van der Waals surface area contributed by atoms with E-state index < -0.39 is 5.91 Å². The summed E-state index contributed by atoms with van der Waals surface area (Å²) >= 11 is 0. The van der Waals surface area contributed by atoms with E-state index in [1.165, 1.54) is 6.20 Å². The lowest BCUT2D eigenvalue weighted by atomic mass is 10.3. The molecule has 1 heterocycles. The number of hydrogen-bond acceptors (Lipinski definition) is 4. The van der Waals surface area contributed by atoms with Crippen molar-refractivity contribution >= 4 is 11.8 Å². The molecule has 1 aromatic carbocycles. The molecule has 0 spiro atoms. The largest absolute Gasteiger partial charge is 0.493 e. The van der Waals surface area contributed by atoms with Crippen LogP contribution in [-0.2, 0) is 4.79 Å². The van der Waals surface area contributed by atoms with Gasteiger partial charge in [0.15, 0.2) is 0 Å². The molecule has 6 nitrogen and oxygen atoms in total. The summed E-state index contributed by atoms with van der Waals surface area (Å²) in [4.78, 5) is 27.0. The Kier molecular flexibility index (Phi) is 5.28. The Morgan fingerprint density at radius 1 is 1.05 bits per heavy atom. The minimum atomic E-state index is -0.416. The lowest BCUT2D eigenvalue weighted by Gasteiger charge is -2.08. The molecule has 0 atom stereocenters. The number of nitrogens with zero attached hydrogens (tertiary/aromatic N) is 1. The molecule has 0 unspecified atom stereocenters. The zero-order valence-electron chi connectivity index (χ0n) is 11.3. The smallest absolute Gasteiger partial charge is 0.271 e. The van der Waals surface area contributed by atoms with Crippen molar-refractivity contribution in [3.05, 3.63) is 60.4 Å². The van der Waals surface area contributed by atoms with Gasteiger partial charge in [-0.15, -0.1) is 0 Å². The zero-order valence-corrected chi connectivity index (χ0v) is 11.3. The van der Waals surface area contributed by atoms with Crippen molar-refractivity contribution < 1.29 is 14.3 Å². The number of carbonyl (C=O) groups is 2. The fourth-order valence-corrected chi connectivity index (χ4v) is 1.54. The Bertz CT molecular complexity index is 588. The fraction of sp³-hybridized carbons (Fsp3) is 0.133. The summed E-state index contributed by atoms with van der Waals surface area (Å²) < 4.78 is 5.38. The number of rotatable bonds is 5. The number of aromatic nitrogens is 1. The van der Waals surface area contributed by atoms with Gasteiger partial charge >= 0.3 is 0 Å². The molecular formula is C15H15N3O3. The molecule has 0 fully saturated rings. The summed E-state index contributed by atoms with van der Waals surface area (Å²) in [7, 11) is 0. The predicted octanol–water partition coefficient (Wildman–Crippen LogP) is 1.31. The van der Waals surface area contributed by atoms with Crippen LogP contribution in [0.4, 0.5) is 0 Å². The minimum Gasteiger partial charge on any atom is -0.493 e. The number of hydrazine groups is 1. The van der Waals surface area contributed by atoms with E-state index >= 15 is 0 Å². The molecule has 2 amide bonds. The quantitative estimate of drug-likeness (QED) is 0.812. The molecule has 0 saturated carbocycles. The Balaban J connectivity index is 1.67. The van der Waals surface area contributed by atoms with Crippen LogP contribution in [-0.4, -0.2) is 23.4 Å². The molecule has 2 N–H and O–H groups in total. The van der Waals surface area contributed by atoms with Gasteiger partial charge in [0.05, 0.1) is 18.6 Å². The highest BCUT2D eigenvalue weighted by Gasteiger charge is 2.07. The van der Waals surface area contributed by atoms with Crippen LogP contribution in [0.15, 0.2) is 54.9 Å². The maximum absolute atomic E-state index is 11.6. The van der Waals surface area contributed by atoms with E-state index in [1.807, 2.05) is 30.3 Å². The topological polar surface area (TPSA) is 80.3 Å². The van der Waals surface area contributed by atoms with Crippen molar-refractivity contribution in [3.8, 4) is 5.75 Å². The second kappa shape index (κ2) is 7.64. The van der Waals surface area contributed by atoms with Gasteiger partial charge < -0.3 is 4.74 Å². The Hall–Kier alpha value is -2.89. The molecule has 6 heteroatoms. The van der Waals surface area contributed by atoms with E-state index in [0.29, 0.717) is 11.3 Å². The number of benzene rings is 1. The maximum atomic E-state index is 11.6. The lowest BCUT2D eigenvalue weighted by molar-refractivity contribution is -0.122. The van der Waals surface area contributed by atoms with Crippen molar-refractivity contribution in [2.75, 3.05) is 6.61 Å². The van der Waals surface area contributed by atoms with E-state index in [4.69, 9.17) is 4.74 Å². The predicted molar refractivity (Wildman–Crippen MR) is 76.4 cm³/mol. The van der Waals surface area contributed by atoms with Gasteiger partial charge in [0, 0.05) is 12.4 Å². The van der Waals surface area contributed by atoms with Crippen molar-refractivity contribution in [1.29, 1.82) is 0 Å². The zero-order chi connectivity index (χ0) is 14.9. The van der Waals surface area contributed by atoms with Crippen molar-refractivity contribution in [2.45, 2.75) is 6.42 Å². The van der Waals surface area contributed by atoms with Gasteiger partial charge in [-0.05, 0) is 24.3 Å². The Morgan fingerprint density at radius 3 is 2.57 bits per heavy atom. The first-order valence-electron chi connectivity index (χ1n) is 6.43. The van der Waals surface area contributed by atoms with Crippen LogP contribution >= 0.6 is 0 Å². The first kappa shape index (κ1) is 14.5. The second-order valence-electron chi connectivity index (χ2n) is 4.16. The van der Waals surface area contributed by atoms with E-state index in [1.54, 1.807) is 18.3 Å². The lowest BCUT2D eigenvalue weighted by Crippen LogP contribution is -2.42. The van der Waals surface area contributed by atoms with E-state index in [9.17, 15) is 9.59 Å². The Morgan fingerprint density at radius 2 is 1.86 bits per heavy atom. The van der Waals surface area contributed by atoms with Crippen molar-refractivity contribution in [1.82, 2.24) is 15.8 Å². The molecular weight excluding hydrogens is 270 g/mol. The van der Waals surface area contributed by atoms with Gasteiger partial charge in [-0.25, -0.2) is 0 Å². The highest BCUT2D eigenvalue weighted by atomic mass is 16.5. The number of pyridine rings is 1. The number of ether oxygens (including phenoxy) is 1. The molecule has 0 radical (unpaired) electrons. The van der Waals surface area contributed by atoms with Crippen LogP contribution in [0.2, 0.25) is 0 Å². The van der Waals surface area contributed by atoms with Crippen molar-refractivity contribution in [3.63, 3.8) is 0 Å². The van der Waals surface area contributed by atoms with Crippen LogP contribution in [0.25, 0.3) is 0 Å². The minimum absolute atomic E-state index is 0.141. The molecule has 0 aliphatic carbocycles. The van der Waals surface area contributed by atoms with Crippen LogP contribution in [0.3, 0.4) is 0 Å². The highest BCUT2D eigenvalue weighted by Crippen LogP contribution is 2.08. The fourth-order valence-electron chi connectivity index (χ4n) is 1.54. The molecule has 1 aromatic heterocycles. The standard InChI is InChI=1S/C15H15N3O3/c19-14(8-10-21-13-6-2-1-3-7-13)17-18-15(20)12-5-4-9-16-11-12/h1-7,9,11H,8,10H2,(H,17,19)(H,18,20). The van der Waals surface area contributed by atoms with Crippen LogP contribution < -0.4 is 15.6 Å². The van der Waals surface area contributed by atoms with Crippen molar-refractivity contribution in [2.24, 2.45) is 0 Å². The Labute approximate surface area is 122 Å². The molecule has 2 aromatic rings. The molecule has 0 bridgehead atoms. The van der Waals surface area contributed by atoms with Crippen LogP contribution in [0.5, 0.6) is 5.75 Å². The summed E-state index contributed by atoms with van der Waals surface area (Å²) in [5.41, 5.74) is 5.01. The highest BCUT2D eigenvalue weighted by molar-refractivity contribution is 5.94. The van der Waals surface area contributed by atoms with Gasteiger partial charge in [0.1, 0.15) is 5.75 Å². The van der Waals surface area contributed by atoms with E-state index in [-0.39, 0.29) is 18.9 Å². The van der Waals surface area contributed by atoms with Crippen LogP contribution in [0.1, 0.15) is 16.8 Å². The first-order valence-corrected chi connectivity index (χ1v) is 6.43. The molecule has 2 rings (SSSR count). The normalized spacial score (nSPS) is 9.71. The average Bonchev–Trinajstić information content (AvgIpc) is 2.54. The molecule has 108 valence electrons. The number of nitrogens with one attached hydrogen (secondary N) is 2. The third-order valence-electron chi connectivity index (χ3n) is 2.58. The average molecular weight is 285 g/mol. The summed E-state index contributed by atoms with van der Waals surface area (Å²) in [5, 5.41) is 0. The maximum Gasteiger partial charge on any atom is 0.271 e. The van der Waals surface area contributed by atoms with Gasteiger partial charge in [0.2, 0.25) is 5.91 Å². The number of para-hydroxylation sites is 1. The van der Waals surface area contributed by atoms with Gasteiger partial charge in [0.25, 0.3) is 5.91 Å². The van der Waals surface area contributed by atoms with E-state index in [2.05, 4.69) is 15.8 Å². The third kappa shape index (κ3) is 4.94. The van der Waals surface area contributed by atoms with Gasteiger partial charge in [-0.2, -0.15) is 0 Å². The summed E-state index contributed by atoms with van der Waals surface area (Å²) in [5.74, 6) is -0.0479. The molecule has 0 aliphatic heterocycles. The number of carbonyl (C=O) groups excluding carboxylic acids is 2. The summed E-state index contributed by atoms with van der Waals surface area (Å²) in [6.45, 7) is 0.235. The molecule has 0 aliphatic rings. The van der Waals surface area contributed by atoms with E-state index in [0.717, 1.165) is 0 Å². The first-order chi connectivity index (χ1) is 10.3. The van der Waals surface area contributed by atoms with Gasteiger partial charge in [-0.1, -0.05) is 18.2 Å². The molecule has 0 saturated heterocycles. The summed E-state index contributed by atoms with van der Waals surface area (Å²) in [6, 6.07) is 12.4. The number of amides is 2. The monoisotopic (exact) mass is 285 g/mol. The molecule has 21 heavy (non-hydrogen) atoms. The third-order valence-corrected chi connectivity index (χ3v) is 2.58. The number of hydrogen-bond donors (Lipinski definition) is 2. The second-order valence-corrected chi connectivity index (χ2v) is 4.16. The van der Waals surface area contributed by atoms with Crippen LogP contribution in [0, 0.1) is 0 Å². The summed E-state index contributed by atoms with van der Waals surface area (Å²) in [6.07, 6.45) is 3.12. The van der Waals surface area contributed by atoms with Gasteiger partial charge in [-0.3, -0.25) is 25.4 Å².